The predicted molar refractivity (Wildman–Crippen MR) is 34.9 cm³/mol. The van der Waals surface area contributed by atoms with Crippen LogP contribution in [0.4, 0.5) is 0 Å². The summed E-state index contributed by atoms with van der Waals surface area (Å²) in [6, 6.07) is -0.491. The molecule has 0 aromatic carbocycles. The van der Waals surface area contributed by atoms with Crippen LogP contribution in [0, 0.1) is 11.5 Å². The molecular formula is C6H10N2O2. The molecule has 56 valence electrons. The highest BCUT2D eigenvalue weighted by molar-refractivity contribution is 5.75. The van der Waals surface area contributed by atoms with Gasteiger partial charge in [-0.25, -0.2) is 4.79 Å². The van der Waals surface area contributed by atoms with Crippen LogP contribution in [0.25, 0.3) is 0 Å². The first-order valence-electron chi connectivity index (χ1n) is 2.84. The Morgan fingerprint density at radius 1 is 1.80 bits per heavy atom. The summed E-state index contributed by atoms with van der Waals surface area (Å²) in [5, 5.41) is 8.32. The molecule has 0 amide bonds. The molecule has 0 fully saturated rings. The molecule has 0 radical (unpaired) electrons. The number of hydrogen-bond acceptors (Lipinski definition) is 4. The van der Waals surface area contributed by atoms with E-state index in [-0.39, 0.29) is 0 Å². The van der Waals surface area contributed by atoms with E-state index in [9.17, 15) is 4.79 Å². The molecule has 0 aliphatic rings. The van der Waals surface area contributed by atoms with E-state index in [1.807, 2.05) is 6.19 Å². The Labute approximate surface area is 60.0 Å². The maximum atomic E-state index is 10.7. The first kappa shape index (κ1) is 8.76. The Hall–Kier alpha value is -1.24. The van der Waals surface area contributed by atoms with Crippen molar-refractivity contribution in [2.75, 3.05) is 14.2 Å². The summed E-state index contributed by atoms with van der Waals surface area (Å²) in [5.41, 5.74) is 0. The van der Waals surface area contributed by atoms with Crippen molar-refractivity contribution in [3.05, 3.63) is 0 Å². The van der Waals surface area contributed by atoms with Crippen molar-refractivity contribution in [1.82, 2.24) is 4.90 Å². The number of nitrogens with zero attached hydrogens (tertiary/aromatic N) is 2. The third-order valence-electron chi connectivity index (χ3n) is 1.28. The van der Waals surface area contributed by atoms with Crippen molar-refractivity contribution in [1.29, 1.82) is 5.26 Å². The van der Waals surface area contributed by atoms with Gasteiger partial charge in [0.2, 0.25) is 0 Å². The van der Waals surface area contributed by atoms with E-state index in [0.717, 1.165) is 0 Å². The monoisotopic (exact) mass is 142 g/mol. The number of likely N-dealkylation sites (N-methyl/N-ethyl adjacent to an activating group) is 1. The Kier molecular flexibility index (Phi) is 3.26. The quantitative estimate of drug-likeness (QED) is 0.308. The van der Waals surface area contributed by atoms with Gasteiger partial charge in [0, 0.05) is 7.05 Å². The maximum Gasteiger partial charge on any atom is 0.328 e. The van der Waals surface area contributed by atoms with Crippen molar-refractivity contribution in [2.24, 2.45) is 0 Å². The second kappa shape index (κ2) is 3.72. The summed E-state index contributed by atoms with van der Waals surface area (Å²) < 4.78 is 4.40. The number of carbonyl (C=O) groups is 1. The van der Waals surface area contributed by atoms with Gasteiger partial charge in [0.15, 0.2) is 6.19 Å². The van der Waals surface area contributed by atoms with Gasteiger partial charge in [-0.1, -0.05) is 0 Å². The molecule has 0 aromatic rings. The Morgan fingerprint density at radius 3 is 2.60 bits per heavy atom. The van der Waals surface area contributed by atoms with Gasteiger partial charge in [0.25, 0.3) is 0 Å². The molecule has 4 nitrogen and oxygen atoms in total. The lowest BCUT2D eigenvalue weighted by Crippen LogP contribution is -2.33. The van der Waals surface area contributed by atoms with Crippen LogP contribution >= 0.6 is 0 Å². The normalized spacial score (nSPS) is 11.4. The molecule has 0 heterocycles. The van der Waals surface area contributed by atoms with Crippen molar-refractivity contribution >= 4 is 5.97 Å². The zero-order chi connectivity index (χ0) is 8.15. The van der Waals surface area contributed by atoms with Gasteiger partial charge in [0.1, 0.15) is 6.04 Å². The highest BCUT2D eigenvalue weighted by atomic mass is 16.5. The highest BCUT2D eigenvalue weighted by Crippen LogP contribution is 1.94. The average molecular weight is 142 g/mol. The topological polar surface area (TPSA) is 53.3 Å². The van der Waals surface area contributed by atoms with Crippen LogP contribution in [0.3, 0.4) is 0 Å². The molecule has 0 aliphatic carbocycles. The summed E-state index contributed by atoms with van der Waals surface area (Å²) in [5.74, 6) is -0.399. The highest BCUT2D eigenvalue weighted by Gasteiger charge is 2.16. The third kappa shape index (κ3) is 1.94. The smallest absolute Gasteiger partial charge is 0.328 e. The average Bonchev–Trinajstić information content (AvgIpc) is 2.00. The SMILES string of the molecule is COC(=O)C(C)N(C)C#N. The summed E-state index contributed by atoms with van der Waals surface area (Å²) in [7, 11) is 2.83. The van der Waals surface area contributed by atoms with E-state index < -0.39 is 12.0 Å². The second-order valence-electron chi connectivity index (χ2n) is 1.91. The van der Waals surface area contributed by atoms with Crippen molar-refractivity contribution in [3.8, 4) is 6.19 Å². The van der Waals surface area contributed by atoms with Gasteiger partial charge in [0.05, 0.1) is 7.11 Å². The third-order valence-corrected chi connectivity index (χ3v) is 1.28. The number of methoxy groups -OCH3 is 1. The molecule has 0 aliphatic heterocycles. The molecule has 0 N–H and O–H groups in total. The van der Waals surface area contributed by atoms with E-state index in [2.05, 4.69) is 4.74 Å². The minimum Gasteiger partial charge on any atom is -0.467 e. The van der Waals surface area contributed by atoms with Crippen molar-refractivity contribution in [3.63, 3.8) is 0 Å². The number of esters is 1. The Bertz CT molecular complexity index is 162. The largest absolute Gasteiger partial charge is 0.467 e. The van der Waals surface area contributed by atoms with E-state index >= 15 is 0 Å². The number of rotatable bonds is 2. The van der Waals surface area contributed by atoms with Crippen molar-refractivity contribution in [2.45, 2.75) is 13.0 Å². The number of ether oxygens (including phenoxy) is 1. The molecule has 4 heteroatoms. The fraction of sp³-hybridized carbons (Fsp3) is 0.667. The van der Waals surface area contributed by atoms with Gasteiger partial charge < -0.3 is 4.74 Å². The molecule has 0 aromatic heterocycles. The van der Waals surface area contributed by atoms with E-state index in [4.69, 9.17) is 5.26 Å². The number of hydrogen-bond donors (Lipinski definition) is 0. The minimum atomic E-state index is -0.491. The summed E-state index contributed by atoms with van der Waals surface area (Å²) in [4.78, 5) is 11.9. The van der Waals surface area contributed by atoms with Crippen LogP contribution in [0.15, 0.2) is 0 Å². The first-order chi connectivity index (χ1) is 4.63. The molecule has 0 bridgehead atoms. The predicted octanol–water partition coefficient (Wildman–Crippen LogP) is -0.0392. The molecule has 0 rings (SSSR count). The summed E-state index contributed by atoms with van der Waals surface area (Å²) in [6.07, 6.45) is 1.81. The lowest BCUT2D eigenvalue weighted by molar-refractivity contribution is -0.144. The maximum absolute atomic E-state index is 10.7. The minimum absolute atomic E-state index is 0.399. The van der Waals surface area contributed by atoms with Crippen LogP contribution in [-0.2, 0) is 9.53 Å². The second-order valence-corrected chi connectivity index (χ2v) is 1.91. The van der Waals surface area contributed by atoms with E-state index in [0.29, 0.717) is 0 Å². The van der Waals surface area contributed by atoms with Crippen LogP contribution in [0.1, 0.15) is 6.92 Å². The van der Waals surface area contributed by atoms with Crippen LogP contribution < -0.4 is 0 Å². The summed E-state index contributed by atoms with van der Waals surface area (Å²) in [6.45, 7) is 1.61. The molecule has 0 spiro atoms. The molecule has 10 heavy (non-hydrogen) atoms. The molecule has 1 unspecified atom stereocenters. The Balaban J connectivity index is 3.97. The molecule has 1 atom stereocenters. The van der Waals surface area contributed by atoms with Gasteiger partial charge in [-0.2, -0.15) is 5.26 Å². The standard InChI is InChI=1S/C6H10N2O2/c1-5(6(9)10-3)8(2)4-7/h5H,1-3H3. The fourth-order valence-electron chi connectivity index (χ4n) is 0.415. The van der Waals surface area contributed by atoms with E-state index in [1.54, 1.807) is 6.92 Å². The summed E-state index contributed by atoms with van der Waals surface area (Å²) >= 11 is 0. The molecule has 0 saturated heterocycles. The lowest BCUT2D eigenvalue weighted by atomic mass is 10.3. The fourth-order valence-corrected chi connectivity index (χ4v) is 0.415. The van der Waals surface area contributed by atoms with Gasteiger partial charge >= 0.3 is 5.97 Å². The Morgan fingerprint density at radius 2 is 2.30 bits per heavy atom. The number of carbonyl (C=O) groups excluding carboxylic acids is 1. The van der Waals surface area contributed by atoms with Crippen LogP contribution in [0.5, 0.6) is 0 Å². The van der Waals surface area contributed by atoms with Gasteiger partial charge in [-0.3, -0.25) is 4.90 Å². The van der Waals surface area contributed by atoms with Crippen LogP contribution in [0.2, 0.25) is 0 Å². The van der Waals surface area contributed by atoms with Gasteiger partial charge in [-0.05, 0) is 6.92 Å². The zero-order valence-electron chi connectivity index (χ0n) is 6.29. The number of nitriles is 1. The first-order valence-corrected chi connectivity index (χ1v) is 2.84. The molecule has 0 saturated carbocycles. The molecular weight excluding hydrogens is 132 g/mol. The lowest BCUT2D eigenvalue weighted by Gasteiger charge is -2.14. The van der Waals surface area contributed by atoms with Crippen LogP contribution in [-0.4, -0.2) is 31.1 Å². The zero-order valence-corrected chi connectivity index (χ0v) is 6.29. The van der Waals surface area contributed by atoms with E-state index in [1.165, 1.54) is 19.1 Å². The van der Waals surface area contributed by atoms with Crippen molar-refractivity contribution < 1.29 is 9.53 Å². The van der Waals surface area contributed by atoms with Gasteiger partial charge in [-0.15, -0.1) is 0 Å².